The van der Waals surface area contributed by atoms with Crippen LogP contribution >= 0.6 is 11.6 Å². The van der Waals surface area contributed by atoms with Crippen LogP contribution in [0.4, 0.5) is 24.5 Å². The first-order valence-corrected chi connectivity index (χ1v) is 9.78. The maximum atomic E-state index is 12.8. The summed E-state index contributed by atoms with van der Waals surface area (Å²) in [6.07, 6.45) is -3.34. The number of alkyl halides is 3. The van der Waals surface area contributed by atoms with E-state index in [9.17, 15) is 13.2 Å². The van der Waals surface area contributed by atoms with Crippen LogP contribution in [0.5, 0.6) is 5.88 Å². The number of hydrogen-bond donors (Lipinski definition) is 1. The second-order valence-corrected chi connectivity index (χ2v) is 7.53. The summed E-state index contributed by atoms with van der Waals surface area (Å²) in [7, 11) is 0. The normalized spacial score (nSPS) is 16.7. The minimum Gasteiger partial charge on any atom is -0.471 e. The Bertz CT molecular complexity index is 1040. The molecule has 0 amide bonds. The molecule has 1 aliphatic rings. The number of aromatic nitrogens is 1. The molecular weight excluding hydrogens is 415 g/mol. The second-order valence-electron chi connectivity index (χ2n) is 7.12. The molecule has 0 unspecified atom stereocenters. The van der Waals surface area contributed by atoms with Gasteiger partial charge in [0.15, 0.2) is 0 Å². The van der Waals surface area contributed by atoms with Gasteiger partial charge in [-0.1, -0.05) is 48.0 Å². The Morgan fingerprint density at radius 2 is 1.83 bits per heavy atom. The van der Waals surface area contributed by atoms with Crippen molar-refractivity contribution in [3.8, 4) is 17.0 Å². The van der Waals surface area contributed by atoms with Gasteiger partial charge in [-0.05, 0) is 29.3 Å². The first-order valence-electron chi connectivity index (χ1n) is 9.40. The van der Waals surface area contributed by atoms with Gasteiger partial charge in [-0.3, -0.25) is 0 Å². The third-order valence-corrected chi connectivity index (χ3v) is 5.30. The van der Waals surface area contributed by atoms with Crippen LogP contribution in [0.2, 0.25) is 5.02 Å². The van der Waals surface area contributed by atoms with Crippen LogP contribution in [0.1, 0.15) is 12.0 Å². The number of ether oxygens (including phenoxy) is 1. The smallest absolute Gasteiger partial charge is 0.417 e. The molecule has 2 aromatic carbocycles. The van der Waals surface area contributed by atoms with Crippen molar-refractivity contribution < 1.29 is 17.9 Å². The Labute approximate surface area is 177 Å². The van der Waals surface area contributed by atoms with Gasteiger partial charge >= 0.3 is 6.18 Å². The average Bonchev–Trinajstić information content (AvgIpc) is 3.17. The molecular formula is C22H19ClF3N3O. The molecule has 4 rings (SSSR count). The van der Waals surface area contributed by atoms with E-state index in [2.05, 4.69) is 9.88 Å². The number of halogens is 4. The highest BCUT2D eigenvalue weighted by molar-refractivity contribution is 6.31. The molecule has 1 fully saturated rings. The van der Waals surface area contributed by atoms with Crippen LogP contribution in [-0.2, 0) is 6.18 Å². The molecule has 1 aromatic heterocycles. The lowest BCUT2D eigenvalue weighted by molar-refractivity contribution is -0.137. The summed E-state index contributed by atoms with van der Waals surface area (Å²) in [4.78, 5) is 5.84. The van der Waals surface area contributed by atoms with Crippen molar-refractivity contribution in [2.24, 2.45) is 0 Å². The number of hydrogen-bond acceptors (Lipinski definition) is 4. The van der Waals surface area contributed by atoms with E-state index < -0.39 is 11.7 Å². The van der Waals surface area contributed by atoms with Crippen LogP contribution in [0.15, 0.2) is 60.8 Å². The molecule has 0 spiro atoms. The van der Waals surface area contributed by atoms with Gasteiger partial charge in [-0.2, -0.15) is 13.2 Å². The van der Waals surface area contributed by atoms with Gasteiger partial charge in [0.25, 0.3) is 0 Å². The Balaban J connectivity index is 1.45. The van der Waals surface area contributed by atoms with Gasteiger partial charge in [-0.15, -0.1) is 0 Å². The minimum absolute atomic E-state index is 0.00362. The number of nitrogens with zero attached hydrogens (tertiary/aromatic N) is 2. The standard InChI is InChI=1S/C22H19ClF3N3O/c23-18-11-16(22(24,25)26)12-28-21(18)30-17-8-9-29(13-17)20-7-6-15(10-19(20)27)14-4-2-1-3-5-14/h1-7,10-12,17H,8-9,13,27H2/t17-/m1/s1. The quantitative estimate of drug-likeness (QED) is 0.539. The van der Waals surface area contributed by atoms with E-state index in [0.717, 1.165) is 29.1 Å². The maximum Gasteiger partial charge on any atom is 0.417 e. The zero-order valence-corrected chi connectivity index (χ0v) is 16.6. The van der Waals surface area contributed by atoms with Crippen LogP contribution in [0, 0.1) is 0 Å². The average molecular weight is 434 g/mol. The molecule has 2 N–H and O–H groups in total. The molecule has 1 aliphatic heterocycles. The van der Waals surface area contributed by atoms with Crippen LogP contribution < -0.4 is 15.4 Å². The lowest BCUT2D eigenvalue weighted by atomic mass is 10.0. The van der Waals surface area contributed by atoms with Crippen molar-refractivity contribution in [2.75, 3.05) is 23.7 Å². The van der Waals surface area contributed by atoms with Crippen LogP contribution in [0.25, 0.3) is 11.1 Å². The predicted molar refractivity (Wildman–Crippen MR) is 112 cm³/mol. The van der Waals surface area contributed by atoms with Crippen LogP contribution in [0.3, 0.4) is 0 Å². The number of pyridine rings is 1. The monoisotopic (exact) mass is 433 g/mol. The van der Waals surface area contributed by atoms with E-state index >= 15 is 0 Å². The molecule has 0 bridgehead atoms. The summed E-state index contributed by atoms with van der Waals surface area (Å²) in [5, 5.41) is -0.157. The summed E-state index contributed by atoms with van der Waals surface area (Å²) in [6.45, 7) is 1.24. The van der Waals surface area contributed by atoms with Crippen molar-refractivity contribution in [1.82, 2.24) is 4.98 Å². The Hall–Kier alpha value is -2.93. The van der Waals surface area contributed by atoms with Gasteiger partial charge < -0.3 is 15.4 Å². The van der Waals surface area contributed by atoms with Crippen molar-refractivity contribution in [1.29, 1.82) is 0 Å². The van der Waals surface area contributed by atoms with Crippen molar-refractivity contribution in [3.05, 3.63) is 71.4 Å². The van der Waals surface area contributed by atoms with E-state index in [-0.39, 0.29) is 17.0 Å². The van der Waals surface area contributed by atoms with E-state index in [0.29, 0.717) is 25.2 Å². The molecule has 4 nitrogen and oxygen atoms in total. The third-order valence-electron chi connectivity index (χ3n) is 5.03. The first-order chi connectivity index (χ1) is 14.3. The highest BCUT2D eigenvalue weighted by atomic mass is 35.5. The van der Waals surface area contributed by atoms with Gasteiger partial charge in [0.05, 0.1) is 23.5 Å². The number of nitrogen functional groups attached to an aromatic ring is 1. The summed E-state index contributed by atoms with van der Waals surface area (Å²) >= 11 is 5.95. The molecule has 1 saturated heterocycles. The summed E-state index contributed by atoms with van der Waals surface area (Å²) < 4.78 is 44.0. The fourth-order valence-electron chi connectivity index (χ4n) is 3.52. The number of anilines is 2. The summed E-state index contributed by atoms with van der Waals surface area (Å²) in [6, 6.07) is 16.7. The third kappa shape index (κ3) is 4.31. The Morgan fingerprint density at radius 1 is 1.07 bits per heavy atom. The van der Waals surface area contributed by atoms with E-state index in [1.165, 1.54) is 0 Å². The molecule has 3 aromatic rings. The molecule has 1 atom stereocenters. The molecule has 2 heterocycles. The molecule has 0 saturated carbocycles. The van der Waals surface area contributed by atoms with E-state index in [4.69, 9.17) is 22.1 Å². The van der Waals surface area contributed by atoms with Gasteiger partial charge in [0.2, 0.25) is 5.88 Å². The first kappa shape index (κ1) is 20.3. The molecule has 156 valence electrons. The highest BCUT2D eigenvalue weighted by Gasteiger charge is 2.32. The zero-order chi connectivity index (χ0) is 21.3. The van der Waals surface area contributed by atoms with Crippen molar-refractivity contribution in [3.63, 3.8) is 0 Å². The molecule has 0 aliphatic carbocycles. The number of rotatable bonds is 4. The predicted octanol–water partition coefficient (Wildman–Crippen LogP) is 5.66. The molecule has 8 heteroatoms. The van der Waals surface area contributed by atoms with Gasteiger partial charge in [0.1, 0.15) is 11.1 Å². The lowest BCUT2D eigenvalue weighted by Crippen LogP contribution is -2.25. The topological polar surface area (TPSA) is 51.4 Å². The van der Waals surface area contributed by atoms with E-state index in [1.54, 1.807) is 0 Å². The number of nitrogens with two attached hydrogens (primary N) is 1. The highest BCUT2D eigenvalue weighted by Crippen LogP contribution is 2.35. The molecule has 30 heavy (non-hydrogen) atoms. The minimum atomic E-state index is -4.50. The summed E-state index contributed by atoms with van der Waals surface area (Å²) in [5.41, 5.74) is 9.06. The summed E-state index contributed by atoms with van der Waals surface area (Å²) in [5.74, 6) is 0.00362. The van der Waals surface area contributed by atoms with Crippen molar-refractivity contribution in [2.45, 2.75) is 18.7 Å². The fourth-order valence-corrected chi connectivity index (χ4v) is 3.73. The van der Waals surface area contributed by atoms with Crippen molar-refractivity contribution >= 4 is 23.0 Å². The molecule has 0 radical (unpaired) electrons. The van der Waals surface area contributed by atoms with Crippen LogP contribution in [-0.4, -0.2) is 24.2 Å². The zero-order valence-electron chi connectivity index (χ0n) is 15.9. The second kappa shape index (κ2) is 8.07. The fraction of sp³-hybridized carbons (Fsp3) is 0.227. The SMILES string of the molecule is Nc1cc(-c2ccccc2)ccc1N1CC[C@@H](Oc2ncc(C(F)(F)F)cc2Cl)C1. The van der Waals surface area contributed by atoms with E-state index in [1.807, 2.05) is 48.5 Å². The Kier molecular flexibility index (Phi) is 5.47. The maximum absolute atomic E-state index is 12.8. The largest absolute Gasteiger partial charge is 0.471 e. The lowest BCUT2D eigenvalue weighted by Gasteiger charge is -2.21. The van der Waals surface area contributed by atoms with Gasteiger partial charge in [0, 0.05) is 19.2 Å². The van der Waals surface area contributed by atoms with Gasteiger partial charge in [-0.25, -0.2) is 4.98 Å². The number of benzene rings is 2. The Morgan fingerprint density at radius 3 is 2.50 bits per heavy atom.